The summed E-state index contributed by atoms with van der Waals surface area (Å²) in [6.45, 7) is 4.48. The van der Waals surface area contributed by atoms with E-state index in [4.69, 9.17) is 0 Å². The number of hydrogen-bond donors (Lipinski definition) is 0. The van der Waals surface area contributed by atoms with Crippen LogP contribution < -0.4 is 0 Å². The fourth-order valence-electron chi connectivity index (χ4n) is 1.53. The van der Waals surface area contributed by atoms with Crippen LogP contribution in [-0.2, 0) is 6.42 Å². The van der Waals surface area contributed by atoms with Crippen molar-refractivity contribution >= 4 is 17.4 Å². The van der Waals surface area contributed by atoms with Gasteiger partial charge in [0.1, 0.15) is 0 Å². The Bertz CT molecular complexity index is 294. The molecule has 0 aliphatic heterocycles. The molecule has 0 radical (unpaired) electrons. The number of aryl methyl sites for hydroxylation is 1. The van der Waals surface area contributed by atoms with Crippen LogP contribution in [0.4, 0.5) is 0 Å². The molecule has 2 rings (SSSR count). The minimum absolute atomic E-state index is 0.732. The molecular formula is C10H12S. The van der Waals surface area contributed by atoms with Crippen LogP contribution in [0.5, 0.6) is 0 Å². The topological polar surface area (TPSA) is 0 Å². The van der Waals surface area contributed by atoms with E-state index < -0.39 is 0 Å². The monoisotopic (exact) mass is 164 g/mol. The van der Waals surface area contributed by atoms with Gasteiger partial charge in [0.05, 0.1) is 0 Å². The summed E-state index contributed by atoms with van der Waals surface area (Å²) in [6.07, 6.45) is 5.81. The minimum atomic E-state index is 0.732. The number of allylic oxidation sites excluding steroid dienone is 1. The van der Waals surface area contributed by atoms with E-state index in [-0.39, 0.29) is 0 Å². The molecule has 0 fully saturated rings. The summed E-state index contributed by atoms with van der Waals surface area (Å²) in [5.74, 6) is 0.732. The van der Waals surface area contributed by atoms with Crippen LogP contribution in [0, 0.1) is 12.8 Å². The van der Waals surface area contributed by atoms with Crippen molar-refractivity contribution in [1.82, 2.24) is 0 Å². The lowest BCUT2D eigenvalue weighted by Gasteiger charge is -2.12. The van der Waals surface area contributed by atoms with Crippen molar-refractivity contribution in [1.29, 1.82) is 0 Å². The van der Waals surface area contributed by atoms with Gasteiger partial charge in [-0.05, 0) is 41.8 Å². The summed E-state index contributed by atoms with van der Waals surface area (Å²) in [7, 11) is 0. The third kappa shape index (κ3) is 1.14. The van der Waals surface area contributed by atoms with Crippen LogP contribution in [0.2, 0.25) is 0 Å². The lowest BCUT2D eigenvalue weighted by Crippen LogP contribution is -2.01. The maximum absolute atomic E-state index is 2.30. The van der Waals surface area contributed by atoms with Crippen LogP contribution in [0.25, 0.3) is 6.08 Å². The fourth-order valence-corrected chi connectivity index (χ4v) is 2.52. The molecule has 0 bridgehead atoms. The molecule has 11 heavy (non-hydrogen) atoms. The molecule has 1 aromatic rings. The largest absolute Gasteiger partial charge is 0.144 e. The van der Waals surface area contributed by atoms with Crippen LogP contribution in [0.15, 0.2) is 11.5 Å². The maximum atomic E-state index is 2.30. The van der Waals surface area contributed by atoms with Gasteiger partial charge in [0.25, 0.3) is 0 Å². The van der Waals surface area contributed by atoms with Gasteiger partial charge in [-0.1, -0.05) is 13.0 Å². The summed E-state index contributed by atoms with van der Waals surface area (Å²) in [4.78, 5) is 1.47. The van der Waals surface area contributed by atoms with Crippen molar-refractivity contribution < 1.29 is 0 Å². The SMILES string of the molecule is Cc1csc2c1CC(C)C=C2. The minimum Gasteiger partial charge on any atom is -0.144 e. The lowest BCUT2D eigenvalue weighted by molar-refractivity contribution is 0.717. The summed E-state index contributed by atoms with van der Waals surface area (Å²) in [6, 6.07) is 0. The number of fused-ring (bicyclic) bond motifs is 1. The highest BCUT2D eigenvalue weighted by Crippen LogP contribution is 2.30. The van der Waals surface area contributed by atoms with E-state index >= 15 is 0 Å². The van der Waals surface area contributed by atoms with E-state index in [0.29, 0.717) is 0 Å². The third-order valence-corrected chi connectivity index (χ3v) is 3.35. The second-order valence-electron chi connectivity index (χ2n) is 3.30. The van der Waals surface area contributed by atoms with Crippen molar-refractivity contribution in [2.45, 2.75) is 20.3 Å². The average molecular weight is 164 g/mol. The normalized spacial score (nSPS) is 21.8. The smallest absolute Gasteiger partial charge is 0.0302 e. The Morgan fingerprint density at radius 1 is 1.55 bits per heavy atom. The molecule has 0 N–H and O–H groups in total. The first-order valence-electron chi connectivity index (χ1n) is 4.02. The molecule has 1 heterocycles. The van der Waals surface area contributed by atoms with E-state index in [0.717, 1.165) is 5.92 Å². The Morgan fingerprint density at radius 3 is 3.18 bits per heavy atom. The van der Waals surface area contributed by atoms with Gasteiger partial charge in [0.2, 0.25) is 0 Å². The second kappa shape index (κ2) is 2.49. The predicted molar refractivity (Wildman–Crippen MR) is 51.0 cm³/mol. The Kier molecular flexibility index (Phi) is 1.61. The lowest BCUT2D eigenvalue weighted by atomic mass is 9.94. The first-order valence-corrected chi connectivity index (χ1v) is 4.90. The molecule has 0 amide bonds. The average Bonchev–Trinajstić information content (AvgIpc) is 2.33. The highest BCUT2D eigenvalue weighted by molar-refractivity contribution is 7.11. The summed E-state index contributed by atoms with van der Waals surface area (Å²) < 4.78 is 0. The van der Waals surface area contributed by atoms with Gasteiger partial charge in [-0.25, -0.2) is 0 Å². The van der Waals surface area contributed by atoms with Crippen LogP contribution >= 0.6 is 11.3 Å². The van der Waals surface area contributed by atoms with Crippen molar-refractivity contribution in [3.8, 4) is 0 Å². The zero-order valence-electron chi connectivity index (χ0n) is 6.92. The Morgan fingerprint density at radius 2 is 2.36 bits per heavy atom. The molecule has 0 saturated heterocycles. The Labute approximate surface area is 71.6 Å². The number of hydrogen-bond acceptors (Lipinski definition) is 1. The van der Waals surface area contributed by atoms with Gasteiger partial charge in [-0.2, -0.15) is 0 Å². The molecule has 1 aliphatic rings. The van der Waals surface area contributed by atoms with Crippen molar-refractivity contribution in [3.05, 3.63) is 27.5 Å². The fraction of sp³-hybridized carbons (Fsp3) is 0.400. The highest BCUT2D eigenvalue weighted by Gasteiger charge is 2.12. The second-order valence-corrected chi connectivity index (χ2v) is 4.21. The molecule has 1 unspecified atom stereocenters. The van der Waals surface area contributed by atoms with Gasteiger partial charge >= 0.3 is 0 Å². The quantitative estimate of drug-likeness (QED) is 0.552. The first kappa shape index (κ1) is 7.11. The van der Waals surface area contributed by atoms with Gasteiger partial charge in [0.15, 0.2) is 0 Å². The third-order valence-electron chi connectivity index (χ3n) is 2.24. The molecule has 1 heteroatoms. The Balaban J connectivity index is 2.48. The van der Waals surface area contributed by atoms with Gasteiger partial charge < -0.3 is 0 Å². The zero-order chi connectivity index (χ0) is 7.84. The number of rotatable bonds is 0. The van der Waals surface area contributed by atoms with Crippen molar-refractivity contribution in [3.63, 3.8) is 0 Å². The molecule has 0 aromatic carbocycles. The summed E-state index contributed by atoms with van der Waals surface area (Å²) in [5.41, 5.74) is 3.05. The molecule has 58 valence electrons. The van der Waals surface area contributed by atoms with Crippen LogP contribution in [0.1, 0.15) is 22.9 Å². The molecule has 0 spiro atoms. The van der Waals surface area contributed by atoms with Crippen LogP contribution in [0.3, 0.4) is 0 Å². The van der Waals surface area contributed by atoms with E-state index in [2.05, 4.69) is 31.4 Å². The molecule has 0 nitrogen and oxygen atoms in total. The van der Waals surface area contributed by atoms with Crippen LogP contribution in [-0.4, -0.2) is 0 Å². The van der Waals surface area contributed by atoms with Gasteiger partial charge in [-0.15, -0.1) is 11.3 Å². The van der Waals surface area contributed by atoms with E-state index in [9.17, 15) is 0 Å². The summed E-state index contributed by atoms with van der Waals surface area (Å²) in [5, 5.41) is 2.26. The maximum Gasteiger partial charge on any atom is 0.0302 e. The highest BCUT2D eigenvalue weighted by atomic mass is 32.1. The standard InChI is InChI=1S/C10H12S/c1-7-3-4-10-9(5-7)8(2)6-11-10/h3-4,6-7H,5H2,1-2H3. The molecule has 1 aliphatic carbocycles. The summed E-state index contributed by atoms with van der Waals surface area (Å²) >= 11 is 1.87. The first-order chi connectivity index (χ1) is 5.27. The van der Waals surface area contributed by atoms with Gasteiger partial charge in [-0.3, -0.25) is 0 Å². The van der Waals surface area contributed by atoms with Crippen molar-refractivity contribution in [2.24, 2.45) is 5.92 Å². The zero-order valence-corrected chi connectivity index (χ0v) is 7.74. The molecular weight excluding hydrogens is 152 g/mol. The van der Waals surface area contributed by atoms with Gasteiger partial charge in [0, 0.05) is 4.88 Å². The molecule has 1 aromatic heterocycles. The Hall–Kier alpha value is -0.560. The number of thiophene rings is 1. The van der Waals surface area contributed by atoms with Crippen molar-refractivity contribution in [2.75, 3.05) is 0 Å². The van der Waals surface area contributed by atoms with E-state index in [1.807, 2.05) is 11.3 Å². The predicted octanol–water partition coefficient (Wildman–Crippen LogP) is 3.26. The van der Waals surface area contributed by atoms with E-state index in [1.54, 1.807) is 5.56 Å². The molecule has 1 atom stereocenters. The molecule has 0 saturated carbocycles. The van der Waals surface area contributed by atoms with E-state index in [1.165, 1.54) is 16.9 Å².